The van der Waals surface area contributed by atoms with Gasteiger partial charge in [-0.05, 0) is 6.42 Å². The van der Waals surface area contributed by atoms with Crippen LogP contribution in [-0.4, -0.2) is 36.1 Å². The fraction of sp³-hybridized carbons (Fsp3) is 0.500. The van der Waals surface area contributed by atoms with Gasteiger partial charge in [-0.25, -0.2) is 4.98 Å². The molecular weight excluding hydrogens is 194 g/mol. The number of carbonyl (C=O) groups is 1. The van der Waals surface area contributed by atoms with Crippen molar-refractivity contribution < 1.29 is 9.53 Å². The molecule has 0 radical (unpaired) electrons. The molecule has 0 amide bonds. The smallest absolute Gasteiger partial charge is 0.310 e. The lowest BCUT2D eigenvalue weighted by Crippen LogP contribution is -2.24. The number of ether oxygens (including phenoxy) is 1. The van der Waals surface area contributed by atoms with Crippen LogP contribution in [0.2, 0.25) is 0 Å². The molecule has 0 N–H and O–H groups in total. The number of anilines is 1. The van der Waals surface area contributed by atoms with Gasteiger partial charge in [-0.1, -0.05) is 0 Å². The van der Waals surface area contributed by atoms with Gasteiger partial charge < -0.3 is 9.64 Å². The molecular formula is C10H13N3O2. The van der Waals surface area contributed by atoms with Gasteiger partial charge in [0.1, 0.15) is 5.82 Å². The molecule has 2 rings (SSSR count). The van der Waals surface area contributed by atoms with Gasteiger partial charge in [0.2, 0.25) is 0 Å². The molecule has 1 aromatic heterocycles. The molecule has 1 aliphatic rings. The topological polar surface area (TPSA) is 55.3 Å². The summed E-state index contributed by atoms with van der Waals surface area (Å²) in [4.78, 5) is 21.5. The maximum atomic E-state index is 11.3. The average Bonchev–Trinajstić information content (AvgIpc) is 2.78. The van der Waals surface area contributed by atoms with E-state index in [1.54, 1.807) is 18.6 Å². The molecule has 1 saturated heterocycles. The van der Waals surface area contributed by atoms with E-state index >= 15 is 0 Å². The lowest BCUT2D eigenvalue weighted by Gasteiger charge is -2.15. The zero-order valence-corrected chi connectivity index (χ0v) is 8.59. The molecule has 0 spiro atoms. The third-order valence-electron chi connectivity index (χ3n) is 2.60. The maximum absolute atomic E-state index is 11.3. The van der Waals surface area contributed by atoms with Gasteiger partial charge in [-0.2, -0.15) is 0 Å². The number of carbonyl (C=O) groups excluding carboxylic acids is 1. The van der Waals surface area contributed by atoms with Gasteiger partial charge in [0.25, 0.3) is 0 Å². The van der Waals surface area contributed by atoms with Gasteiger partial charge in [-0.15, -0.1) is 0 Å². The van der Waals surface area contributed by atoms with E-state index in [1.807, 2.05) is 0 Å². The summed E-state index contributed by atoms with van der Waals surface area (Å²) in [5.74, 6) is 0.655. The summed E-state index contributed by atoms with van der Waals surface area (Å²) in [6.45, 7) is 1.50. The van der Waals surface area contributed by atoms with Crippen LogP contribution in [0, 0.1) is 5.92 Å². The van der Waals surface area contributed by atoms with Crippen LogP contribution in [0.4, 0.5) is 5.82 Å². The van der Waals surface area contributed by atoms with Crippen molar-refractivity contribution in [1.82, 2.24) is 9.97 Å². The zero-order chi connectivity index (χ0) is 10.7. The number of hydrogen-bond acceptors (Lipinski definition) is 5. The minimum Gasteiger partial charge on any atom is -0.469 e. The van der Waals surface area contributed by atoms with Crippen LogP contribution < -0.4 is 4.90 Å². The lowest BCUT2D eigenvalue weighted by atomic mass is 10.1. The fourth-order valence-electron chi connectivity index (χ4n) is 1.78. The molecule has 5 heteroatoms. The fourth-order valence-corrected chi connectivity index (χ4v) is 1.78. The van der Waals surface area contributed by atoms with E-state index < -0.39 is 0 Å². The van der Waals surface area contributed by atoms with Crippen LogP contribution in [0.3, 0.4) is 0 Å². The van der Waals surface area contributed by atoms with Crippen LogP contribution in [0.15, 0.2) is 18.6 Å². The molecule has 0 aromatic carbocycles. The van der Waals surface area contributed by atoms with Crippen molar-refractivity contribution in [3.63, 3.8) is 0 Å². The minimum atomic E-state index is -0.138. The summed E-state index contributed by atoms with van der Waals surface area (Å²) < 4.78 is 4.72. The van der Waals surface area contributed by atoms with Gasteiger partial charge in [0.05, 0.1) is 19.2 Å². The largest absolute Gasteiger partial charge is 0.469 e. The third-order valence-corrected chi connectivity index (χ3v) is 2.60. The Labute approximate surface area is 88.1 Å². The van der Waals surface area contributed by atoms with Crippen molar-refractivity contribution in [1.29, 1.82) is 0 Å². The predicted octanol–water partition coefficient (Wildman–Crippen LogP) is 0.476. The number of methoxy groups -OCH3 is 1. The predicted molar refractivity (Wildman–Crippen MR) is 54.4 cm³/mol. The number of nitrogens with zero attached hydrogens (tertiary/aromatic N) is 3. The Morgan fingerprint density at radius 1 is 1.60 bits per heavy atom. The Hall–Kier alpha value is -1.65. The van der Waals surface area contributed by atoms with E-state index in [2.05, 4.69) is 14.9 Å². The highest BCUT2D eigenvalue weighted by Gasteiger charge is 2.29. The first kappa shape index (κ1) is 9.89. The summed E-state index contributed by atoms with van der Waals surface area (Å²) >= 11 is 0. The Kier molecular flexibility index (Phi) is 2.80. The number of esters is 1. The molecule has 0 bridgehead atoms. The Balaban J connectivity index is 2.02. The second-order valence-electron chi connectivity index (χ2n) is 3.52. The first-order chi connectivity index (χ1) is 7.31. The second kappa shape index (κ2) is 4.25. The van der Waals surface area contributed by atoms with Gasteiger partial charge in [0, 0.05) is 25.5 Å². The molecule has 2 heterocycles. The van der Waals surface area contributed by atoms with E-state index in [-0.39, 0.29) is 11.9 Å². The molecule has 15 heavy (non-hydrogen) atoms. The highest BCUT2D eigenvalue weighted by Crippen LogP contribution is 2.21. The average molecular weight is 207 g/mol. The van der Waals surface area contributed by atoms with Crippen LogP contribution in [0.25, 0.3) is 0 Å². The van der Waals surface area contributed by atoms with Crippen molar-refractivity contribution >= 4 is 11.8 Å². The molecule has 0 aliphatic carbocycles. The summed E-state index contributed by atoms with van der Waals surface area (Å²) in [7, 11) is 1.42. The van der Waals surface area contributed by atoms with E-state index in [9.17, 15) is 4.79 Å². The molecule has 1 fully saturated rings. The number of hydrogen-bond donors (Lipinski definition) is 0. The van der Waals surface area contributed by atoms with Crippen LogP contribution in [0.1, 0.15) is 6.42 Å². The van der Waals surface area contributed by atoms with Crippen molar-refractivity contribution in [2.75, 3.05) is 25.1 Å². The van der Waals surface area contributed by atoms with Crippen LogP contribution >= 0.6 is 0 Å². The quantitative estimate of drug-likeness (QED) is 0.660. The minimum absolute atomic E-state index is 0.0305. The third kappa shape index (κ3) is 2.06. The lowest BCUT2D eigenvalue weighted by molar-refractivity contribution is -0.144. The van der Waals surface area contributed by atoms with Crippen molar-refractivity contribution in [2.45, 2.75) is 6.42 Å². The van der Waals surface area contributed by atoms with E-state index in [0.717, 1.165) is 18.8 Å². The van der Waals surface area contributed by atoms with E-state index in [1.165, 1.54) is 7.11 Å². The van der Waals surface area contributed by atoms with Gasteiger partial charge >= 0.3 is 5.97 Å². The first-order valence-corrected chi connectivity index (χ1v) is 4.90. The molecule has 80 valence electrons. The van der Waals surface area contributed by atoms with Crippen molar-refractivity contribution in [2.24, 2.45) is 5.92 Å². The Bertz CT molecular complexity index is 342. The normalized spacial score (nSPS) is 20.3. The Morgan fingerprint density at radius 2 is 2.47 bits per heavy atom. The van der Waals surface area contributed by atoms with Gasteiger partial charge in [-0.3, -0.25) is 9.78 Å². The molecule has 1 aliphatic heterocycles. The molecule has 1 atom stereocenters. The second-order valence-corrected chi connectivity index (χ2v) is 3.52. The van der Waals surface area contributed by atoms with Crippen molar-refractivity contribution in [3.8, 4) is 0 Å². The summed E-state index contributed by atoms with van der Waals surface area (Å²) in [5.41, 5.74) is 0. The highest BCUT2D eigenvalue weighted by atomic mass is 16.5. The standard InChI is InChI=1S/C10H13N3O2/c1-15-10(14)8-2-5-13(7-8)9-6-11-3-4-12-9/h3-4,6,8H,2,5,7H2,1H3. The summed E-state index contributed by atoms with van der Waals surface area (Å²) in [6.07, 6.45) is 5.82. The van der Waals surface area contributed by atoms with Crippen LogP contribution in [-0.2, 0) is 9.53 Å². The highest BCUT2D eigenvalue weighted by molar-refractivity contribution is 5.73. The summed E-state index contributed by atoms with van der Waals surface area (Å²) in [5, 5.41) is 0. The number of rotatable bonds is 2. The van der Waals surface area contributed by atoms with Crippen molar-refractivity contribution in [3.05, 3.63) is 18.6 Å². The Morgan fingerprint density at radius 3 is 3.13 bits per heavy atom. The molecule has 1 aromatic rings. The SMILES string of the molecule is COC(=O)C1CCN(c2cnccn2)C1. The number of aromatic nitrogens is 2. The maximum Gasteiger partial charge on any atom is 0.310 e. The molecule has 1 unspecified atom stereocenters. The molecule has 0 saturated carbocycles. The summed E-state index contributed by atoms with van der Waals surface area (Å²) in [6, 6.07) is 0. The zero-order valence-electron chi connectivity index (χ0n) is 8.59. The van der Waals surface area contributed by atoms with E-state index in [4.69, 9.17) is 4.74 Å². The van der Waals surface area contributed by atoms with Crippen LogP contribution in [0.5, 0.6) is 0 Å². The monoisotopic (exact) mass is 207 g/mol. The van der Waals surface area contributed by atoms with E-state index in [0.29, 0.717) is 6.54 Å². The first-order valence-electron chi connectivity index (χ1n) is 4.90. The molecule has 5 nitrogen and oxygen atoms in total. The van der Waals surface area contributed by atoms with Gasteiger partial charge in [0.15, 0.2) is 0 Å².